The van der Waals surface area contributed by atoms with Crippen LogP contribution < -0.4 is 10.6 Å². The molecule has 25 heavy (non-hydrogen) atoms. The number of nitrogens with one attached hydrogen (secondary N) is 2. The Morgan fingerprint density at radius 3 is 2.52 bits per heavy atom. The van der Waals surface area contributed by atoms with Gasteiger partial charge in [-0.3, -0.25) is 9.59 Å². The molecular weight excluding hydrogens is 384 g/mol. The molecule has 0 fully saturated rings. The highest BCUT2D eigenvalue weighted by molar-refractivity contribution is 9.10. The minimum atomic E-state index is -0.294. The van der Waals surface area contributed by atoms with Crippen LogP contribution in [0.15, 0.2) is 65.4 Å². The third-order valence-corrected chi connectivity index (χ3v) is 4.07. The van der Waals surface area contributed by atoms with Crippen LogP contribution in [0.1, 0.15) is 20.7 Å². The molecule has 2 N–H and O–H groups in total. The molecule has 0 saturated carbocycles. The Kier molecular flexibility index (Phi) is 4.95. The number of carbonyl (C=O) groups excluding carboxylic acids is 2. The lowest BCUT2D eigenvalue weighted by Gasteiger charge is -2.06. The lowest BCUT2D eigenvalue weighted by atomic mass is 10.2. The van der Waals surface area contributed by atoms with Crippen LogP contribution in [0, 0.1) is 0 Å². The summed E-state index contributed by atoms with van der Waals surface area (Å²) in [4.78, 5) is 24.1. The predicted molar refractivity (Wildman–Crippen MR) is 99.0 cm³/mol. The average Bonchev–Trinajstić information content (AvgIpc) is 3.12. The van der Waals surface area contributed by atoms with Gasteiger partial charge in [0.1, 0.15) is 0 Å². The van der Waals surface area contributed by atoms with E-state index in [0.717, 1.165) is 10.2 Å². The Bertz CT molecular complexity index is 919. The van der Waals surface area contributed by atoms with Gasteiger partial charge in [-0.1, -0.05) is 22.0 Å². The summed E-state index contributed by atoms with van der Waals surface area (Å²) in [6.07, 6.45) is 3.15. The van der Waals surface area contributed by atoms with Crippen molar-refractivity contribution in [3.05, 3.63) is 76.5 Å². The molecule has 0 radical (unpaired) electrons. The molecule has 0 unspecified atom stereocenters. The van der Waals surface area contributed by atoms with E-state index < -0.39 is 0 Å². The van der Waals surface area contributed by atoms with Gasteiger partial charge in [0.15, 0.2) is 0 Å². The van der Waals surface area contributed by atoms with E-state index in [1.54, 1.807) is 42.2 Å². The van der Waals surface area contributed by atoms with Gasteiger partial charge in [-0.2, -0.15) is 5.10 Å². The number of anilines is 1. The van der Waals surface area contributed by atoms with E-state index in [9.17, 15) is 9.59 Å². The molecular formula is C18H15BrN4O2. The standard InChI is InChI=1S/C18H15BrN4O2/c1-20-17(24)12-3-2-4-15(9-12)22-18(25)13-10-21-23(11-13)16-7-5-14(19)6-8-16/h2-11H,1H3,(H,20,24)(H,22,25). The lowest BCUT2D eigenvalue weighted by molar-refractivity contribution is 0.0961. The van der Waals surface area contributed by atoms with E-state index in [1.165, 1.54) is 6.20 Å². The van der Waals surface area contributed by atoms with E-state index in [0.29, 0.717) is 16.8 Å². The number of carbonyl (C=O) groups is 2. The quantitative estimate of drug-likeness (QED) is 0.707. The van der Waals surface area contributed by atoms with Gasteiger partial charge >= 0.3 is 0 Å². The van der Waals surface area contributed by atoms with E-state index in [2.05, 4.69) is 31.7 Å². The lowest BCUT2D eigenvalue weighted by Crippen LogP contribution is -2.18. The number of rotatable bonds is 4. The first-order valence-corrected chi connectivity index (χ1v) is 8.30. The van der Waals surface area contributed by atoms with Gasteiger partial charge in [-0.25, -0.2) is 4.68 Å². The van der Waals surface area contributed by atoms with E-state index in [-0.39, 0.29) is 11.8 Å². The fourth-order valence-corrected chi connectivity index (χ4v) is 2.53. The van der Waals surface area contributed by atoms with Crippen molar-refractivity contribution in [1.82, 2.24) is 15.1 Å². The molecule has 126 valence electrons. The van der Waals surface area contributed by atoms with Crippen molar-refractivity contribution >= 4 is 33.4 Å². The fraction of sp³-hybridized carbons (Fsp3) is 0.0556. The summed E-state index contributed by atoms with van der Waals surface area (Å²) in [5.74, 6) is -0.503. The first-order valence-electron chi connectivity index (χ1n) is 7.51. The summed E-state index contributed by atoms with van der Waals surface area (Å²) in [5.41, 5.74) is 2.30. The zero-order valence-electron chi connectivity index (χ0n) is 13.4. The van der Waals surface area contributed by atoms with E-state index in [4.69, 9.17) is 0 Å². The summed E-state index contributed by atoms with van der Waals surface area (Å²) >= 11 is 3.38. The normalized spacial score (nSPS) is 10.3. The highest BCUT2D eigenvalue weighted by Crippen LogP contribution is 2.15. The number of amides is 2. The SMILES string of the molecule is CNC(=O)c1cccc(NC(=O)c2cnn(-c3ccc(Br)cc3)c2)c1. The van der Waals surface area contributed by atoms with Crippen molar-refractivity contribution < 1.29 is 9.59 Å². The summed E-state index contributed by atoms with van der Waals surface area (Å²) < 4.78 is 2.60. The average molecular weight is 399 g/mol. The van der Waals surface area contributed by atoms with Gasteiger partial charge in [-0.15, -0.1) is 0 Å². The smallest absolute Gasteiger partial charge is 0.258 e. The Labute approximate surface area is 153 Å². The molecule has 0 aliphatic heterocycles. The van der Waals surface area contributed by atoms with Gasteiger partial charge in [0, 0.05) is 29.0 Å². The molecule has 0 saturated heterocycles. The van der Waals surface area contributed by atoms with Gasteiger partial charge in [0.05, 0.1) is 17.4 Å². The molecule has 3 rings (SSSR count). The topological polar surface area (TPSA) is 76.0 Å². The molecule has 6 nitrogen and oxygen atoms in total. The predicted octanol–water partition coefficient (Wildman–Crippen LogP) is 3.25. The maximum atomic E-state index is 12.4. The van der Waals surface area contributed by atoms with Crippen LogP contribution in [0.5, 0.6) is 0 Å². The molecule has 0 aliphatic carbocycles. The number of benzene rings is 2. The van der Waals surface area contributed by atoms with Crippen LogP contribution in [0.4, 0.5) is 5.69 Å². The van der Waals surface area contributed by atoms with Crippen molar-refractivity contribution in [2.24, 2.45) is 0 Å². The Morgan fingerprint density at radius 2 is 1.80 bits per heavy atom. The summed E-state index contributed by atoms with van der Waals surface area (Å²) in [5, 5.41) is 9.54. The van der Waals surface area contributed by atoms with Gasteiger partial charge in [-0.05, 0) is 42.5 Å². The van der Waals surface area contributed by atoms with E-state index >= 15 is 0 Å². The zero-order chi connectivity index (χ0) is 17.8. The van der Waals surface area contributed by atoms with Crippen LogP contribution in [-0.2, 0) is 0 Å². The van der Waals surface area contributed by atoms with Crippen molar-refractivity contribution in [3.8, 4) is 5.69 Å². The van der Waals surface area contributed by atoms with Crippen LogP contribution in [0.2, 0.25) is 0 Å². The number of hydrogen-bond acceptors (Lipinski definition) is 3. The van der Waals surface area contributed by atoms with Gasteiger partial charge in [0.2, 0.25) is 0 Å². The van der Waals surface area contributed by atoms with Gasteiger partial charge in [0.25, 0.3) is 11.8 Å². The molecule has 2 aromatic carbocycles. The molecule has 0 aliphatic rings. The second-order valence-electron chi connectivity index (χ2n) is 5.26. The summed E-state index contributed by atoms with van der Waals surface area (Å²) in [7, 11) is 1.56. The molecule has 1 heterocycles. The van der Waals surface area contributed by atoms with Crippen molar-refractivity contribution in [2.75, 3.05) is 12.4 Å². The zero-order valence-corrected chi connectivity index (χ0v) is 14.9. The maximum Gasteiger partial charge on any atom is 0.258 e. The molecule has 2 amide bonds. The summed E-state index contributed by atoms with van der Waals surface area (Å²) in [6.45, 7) is 0. The molecule has 0 atom stereocenters. The molecule has 7 heteroatoms. The largest absolute Gasteiger partial charge is 0.355 e. The van der Waals surface area contributed by atoms with Crippen molar-refractivity contribution in [3.63, 3.8) is 0 Å². The van der Waals surface area contributed by atoms with E-state index in [1.807, 2.05) is 24.3 Å². The second-order valence-corrected chi connectivity index (χ2v) is 6.18. The fourth-order valence-electron chi connectivity index (χ4n) is 2.26. The highest BCUT2D eigenvalue weighted by Gasteiger charge is 2.11. The third-order valence-electron chi connectivity index (χ3n) is 3.55. The Morgan fingerprint density at radius 1 is 1.04 bits per heavy atom. The van der Waals surface area contributed by atoms with Crippen molar-refractivity contribution in [1.29, 1.82) is 0 Å². The minimum absolute atomic E-state index is 0.209. The Balaban J connectivity index is 1.76. The molecule has 1 aromatic heterocycles. The second kappa shape index (κ2) is 7.31. The van der Waals surface area contributed by atoms with Crippen LogP contribution in [0.3, 0.4) is 0 Å². The van der Waals surface area contributed by atoms with Crippen LogP contribution in [-0.4, -0.2) is 28.6 Å². The monoisotopic (exact) mass is 398 g/mol. The maximum absolute atomic E-state index is 12.4. The van der Waals surface area contributed by atoms with Crippen LogP contribution >= 0.6 is 15.9 Å². The highest BCUT2D eigenvalue weighted by atomic mass is 79.9. The van der Waals surface area contributed by atoms with Crippen LogP contribution in [0.25, 0.3) is 5.69 Å². The first-order chi connectivity index (χ1) is 12.1. The van der Waals surface area contributed by atoms with Crippen molar-refractivity contribution in [2.45, 2.75) is 0 Å². The number of halogens is 1. The number of hydrogen-bond donors (Lipinski definition) is 2. The molecule has 0 spiro atoms. The van der Waals surface area contributed by atoms with Gasteiger partial charge < -0.3 is 10.6 Å². The molecule has 3 aromatic rings. The summed E-state index contributed by atoms with van der Waals surface area (Å²) in [6, 6.07) is 14.3. The number of aromatic nitrogens is 2. The minimum Gasteiger partial charge on any atom is -0.355 e. The molecule has 0 bridgehead atoms. The first kappa shape index (κ1) is 16.9. The Hall–Kier alpha value is -2.93. The third kappa shape index (κ3) is 3.95. The number of nitrogens with zero attached hydrogens (tertiary/aromatic N) is 2.